The van der Waals surface area contributed by atoms with Crippen LogP contribution >= 0.6 is 15.9 Å². The van der Waals surface area contributed by atoms with Crippen molar-refractivity contribution in [3.63, 3.8) is 0 Å². The van der Waals surface area contributed by atoms with E-state index in [0.29, 0.717) is 16.8 Å². The molecule has 0 aromatic heterocycles. The molecule has 4 nitrogen and oxygen atoms in total. The second kappa shape index (κ2) is 6.22. The normalized spacial score (nSPS) is 11.3. The molecule has 0 saturated carbocycles. The van der Waals surface area contributed by atoms with Gasteiger partial charge in [0, 0.05) is 15.7 Å². The maximum absolute atomic E-state index is 12.5. The van der Waals surface area contributed by atoms with Gasteiger partial charge in [0.2, 0.25) is 0 Å². The highest BCUT2D eigenvalue weighted by Crippen LogP contribution is 2.26. The van der Waals surface area contributed by atoms with Crippen molar-refractivity contribution in [3.8, 4) is 0 Å². The molecule has 2 aromatic rings. The highest BCUT2D eigenvalue weighted by atomic mass is 79.9. The molecule has 6 heteroatoms. The summed E-state index contributed by atoms with van der Waals surface area (Å²) < 4.78 is 28.3. The summed E-state index contributed by atoms with van der Waals surface area (Å²) >= 11 is 3.35. The van der Waals surface area contributed by atoms with Gasteiger partial charge in [-0.2, -0.15) is 0 Å². The number of carbonyl (C=O) groups excluding carboxylic acids is 1. The molecular weight excluding hydrogens is 366 g/mol. The molecule has 116 valence electrons. The molecule has 0 aliphatic heterocycles. The summed E-state index contributed by atoms with van der Waals surface area (Å²) in [6, 6.07) is 9.75. The lowest BCUT2D eigenvalue weighted by atomic mass is 10.1. The van der Waals surface area contributed by atoms with Gasteiger partial charge in [-0.1, -0.05) is 22.0 Å². The number of hydrogen-bond donors (Lipinski definition) is 1. The van der Waals surface area contributed by atoms with Gasteiger partial charge in [-0.25, -0.2) is 8.42 Å². The van der Waals surface area contributed by atoms with E-state index in [0.717, 1.165) is 10.0 Å². The summed E-state index contributed by atoms with van der Waals surface area (Å²) in [7, 11) is -3.68. The van der Waals surface area contributed by atoms with Crippen molar-refractivity contribution in [2.75, 3.05) is 4.72 Å². The van der Waals surface area contributed by atoms with Crippen molar-refractivity contribution in [1.82, 2.24) is 0 Å². The Bertz CT molecular complexity index is 827. The SMILES string of the molecule is CC(=O)c1ccc(NS(=O)(=O)c2cc(Br)c(C)cc2C)cc1. The summed E-state index contributed by atoms with van der Waals surface area (Å²) in [5.41, 5.74) is 2.61. The van der Waals surface area contributed by atoms with E-state index in [4.69, 9.17) is 0 Å². The van der Waals surface area contributed by atoms with Gasteiger partial charge in [0.25, 0.3) is 10.0 Å². The van der Waals surface area contributed by atoms with Crippen LogP contribution in [0.15, 0.2) is 45.8 Å². The maximum Gasteiger partial charge on any atom is 0.262 e. The van der Waals surface area contributed by atoms with Crippen molar-refractivity contribution >= 4 is 37.4 Å². The van der Waals surface area contributed by atoms with Crippen LogP contribution in [0.2, 0.25) is 0 Å². The third kappa shape index (κ3) is 3.56. The van der Waals surface area contributed by atoms with Gasteiger partial charge in [-0.15, -0.1) is 0 Å². The van der Waals surface area contributed by atoms with Crippen LogP contribution in [-0.2, 0) is 10.0 Å². The highest BCUT2D eigenvalue weighted by molar-refractivity contribution is 9.10. The first-order chi connectivity index (χ1) is 10.2. The Morgan fingerprint density at radius 2 is 1.64 bits per heavy atom. The first kappa shape index (κ1) is 16.7. The zero-order chi connectivity index (χ0) is 16.5. The number of sulfonamides is 1. The lowest BCUT2D eigenvalue weighted by molar-refractivity contribution is 0.101. The summed E-state index contributed by atoms with van der Waals surface area (Å²) in [5, 5.41) is 0. The van der Waals surface area contributed by atoms with Gasteiger partial charge in [0.15, 0.2) is 5.78 Å². The summed E-state index contributed by atoms with van der Waals surface area (Å²) in [6.07, 6.45) is 0. The second-order valence-corrected chi connectivity index (χ2v) is 7.61. The molecule has 0 unspecified atom stereocenters. The quantitative estimate of drug-likeness (QED) is 0.811. The number of nitrogens with one attached hydrogen (secondary N) is 1. The molecule has 0 saturated heterocycles. The van der Waals surface area contributed by atoms with Gasteiger partial charge < -0.3 is 0 Å². The number of halogens is 1. The van der Waals surface area contributed by atoms with Gasteiger partial charge in [0.05, 0.1) is 4.90 Å². The number of hydrogen-bond acceptors (Lipinski definition) is 3. The summed E-state index contributed by atoms with van der Waals surface area (Å²) in [5.74, 6) is -0.0623. The van der Waals surface area contributed by atoms with E-state index < -0.39 is 10.0 Å². The second-order valence-electron chi connectivity index (χ2n) is 5.11. The Balaban J connectivity index is 2.35. The molecule has 0 amide bonds. The first-order valence-corrected chi connectivity index (χ1v) is 8.89. The molecule has 0 heterocycles. The predicted molar refractivity (Wildman–Crippen MR) is 90.9 cm³/mol. The van der Waals surface area contributed by atoms with Crippen LogP contribution in [0.1, 0.15) is 28.4 Å². The minimum Gasteiger partial charge on any atom is -0.295 e. The Labute approximate surface area is 138 Å². The number of Topliss-reactive ketones (excluding diaryl/α,β-unsaturated/α-hetero) is 1. The molecular formula is C16H16BrNO3S. The Hall–Kier alpha value is -1.66. The zero-order valence-corrected chi connectivity index (χ0v) is 14.9. The standard InChI is InChI=1S/C16H16BrNO3S/c1-10-8-11(2)16(9-15(10)17)22(20,21)18-14-6-4-13(5-7-14)12(3)19/h4-9,18H,1-3H3. The predicted octanol–water partition coefficient (Wildman–Crippen LogP) is 4.07. The fourth-order valence-corrected chi connectivity index (χ4v) is 3.89. The Kier molecular flexibility index (Phi) is 4.72. The monoisotopic (exact) mass is 381 g/mol. The Morgan fingerprint density at radius 1 is 1.05 bits per heavy atom. The number of benzene rings is 2. The third-order valence-corrected chi connectivity index (χ3v) is 5.67. The Morgan fingerprint density at radius 3 is 2.18 bits per heavy atom. The van der Waals surface area contributed by atoms with Crippen molar-refractivity contribution < 1.29 is 13.2 Å². The van der Waals surface area contributed by atoms with Crippen LogP contribution in [0.4, 0.5) is 5.69 Å². The minimum absolute atomic E-state index is 0.0623. The van der Waals surface area contributed by atoms with Gasteiger partial charge in [0.1, 0.15) is 0 Å². The highest BCUT2D eigenvalue weighted by Gasteiger charge is 2.18. The lowest BCUT2D eigenvalue weighted by Gasteiger charge is -2.12. The topological polar surface area (TPSA) is 63.2 Å². The molecule has 2 aromatic carbocycles. The molecule has 1 N–H and O–H groups in total. The summed E-state index contributed by atoms with van der Waals surface area (Å²) in [4.78, 5) is 11.5. The molecule has 0 spiro atoms. The van der Waals surface area contributed by atoms with E-state index in [1.807, 2.05) is 13.0 Å². The molecule has 0 aliphatic rings. The van der Waals surface area contributed by atoms with Gasteiger partial charge in [-0.3, -0.25) is 9.52 Å². The first-order valence-electron chi connectivity index (χ1n) is 6.61. The van der Waals surface area contributed by atoms with Crippen LogP contribution in [-0.4, -0.2) is 14.2 Å². The number of ketones is 1. The number of aryl methyl sites for hydroxylation is 2. The van der Waals surface area contributed by atoms with Gasteiger partial charge in [-0.05, 0) is 62.2 Å². The van der Waals surface area contributed by atoms with Gasteiger partial charge >= 0.3 is 0 Å². The van der Waals surface area contributed by atoms with Crippen molar-refractivity contribution in [3.05, 3.63) is 57.6 Å². The van der Waals surface area contributed by atoms with Crippen molar-refractivity contribution in [2.45, 2.75) is 25.7 Å². The smallest absolute Gasteiger partial charge is 0.262 e. The van der Waals surface area contributed by atoms with Crippen LogP contribution in [0.5, 0.6) is 0 Å². The average molecular weight is 382 g/mol. The number of carbonyl (C=O) groups is 1. The van der Waals surface area contributed by atoms with Crippen molar-refractivity contribution in [2.24, 2.45) is 0 Å². The van der Waals surface area contributed by atoms with Crippen molar-refractivity contribution in [1.29, 1.82) is 0 Å². The molecule has 2 rings (SSSR count). The minimum atomic E-state index is -3.68. The fourth-order valence-electron chi connectivity index (χ4n) is 2.08. The average Bonchev–Trinajstić information content (AvgIpc) is 2.42. The molecule has 0 radical (unpaired) electrons. The van der Waals surface area contributed by atoms with E-state index in [1.165, 1.54) is 6.92 Å². The molecule has 0 atom stereocenters. The number of rotatable bonds is 4. The summed E-state index contributed by atoms with van der Waals surface area (Å²) in [6.45, 7) is 5.13. The largest absolute Gasteiger partial charge is 0.295 e. The van der Waals surface area contributed by atoms with Crippen LogP contribution in [0.25, 0.3) is 0 Å². The molecule has 0 aliphatic carbocycles. The maximum atomic E-state index is 12.5. The van der Waals surface area contributed by atoms with E-state index in [1.54, 1.807) is 37.3 Å². The molecule has 22 heavy (non-hydrogen) atoms. The molecule has 0 fully saturated rings. The van der Waals surface area contributed by atoms with E-state index in [-0.39, 0.29) is 10.7 Å². The van der Waals surface area contributed by atoms with Crippen LogP contribution in [0, 0.1) is 13.8 Å². The van der Waals surface area contributed by atoms with Crippen LogP contribution in [0.3, 0.4) is 0 Å². The van der Waals surface area contributed by atoms with E-state index in [9.17, 15) is 13.2 Å². The van der Waals surface area contributed by atoms with E-state index >= 15 is 0 Å². The van der Waals surface area contributed by atoms with Crippen LogP contribution < -0.4 is 4.72 Å². The molecule has 0 bridgehead atoms. The zero-order valence-electron chi connectivity index (χ0n) is 12.5. The third-order valence-electron chi connectivity index (χ3n) is 3.29. The van der Waals surface area contributed by atoms with E-state index in [2.05, 4.69) is 20.7 Å². The fraction of sp³-hybridized carbons (Fsp3) is 0.188. The number of anilines is 1. The lowest BCUT2D eigenvalue weighted by Crippen LogP contribution is -2.14.